The summed E-state index contributed by atoms with van der Waals surface area (Å²) >= 11 is 0. The van der Waals surface area contributed by atoms with Gasteiger partial charge in [-0.1, -0.05) is 44.2 Å². The van der Waals surface area contributed by atoms with Gasteiger partial charge in [0.25, 0.3) is 5.69 Å². The Balaban J connectivity index is 1.93. The van der Waals surface area contributed by atoms with Gasteiger partial charge in [0.1, 0.15) is 6.10 Å². The first kappa shape index (κ1) is 25.6. The second-order valence-electron chi connectivity index (χ2n) is 8.77. The van der Waals surface area contributed by atoms with E-state index in [-0.39, 0.29) is 23.0 Å². The number of hydrogen-bond acceptors (Lipinski definition) is 7. The second kappa shape index (κ2) is 10.9. The normalized spacial score (nSPS) is 18.9. The molecule has 1 aliphatic heterocycles. The molecule has 0 spiro atoms. The van der Waals surface area contributed by atoms with Gasteiger partial charge in [0.2, 0.25) is 10.0 Å². The summed E-state index contributed by atoms with van der Waals surface area (Å²) in [6, 6.07) is 13.9. The van der Waals surface area contributed by atoms with E-state index in [1.165, 1.54) is 28.6 Å². The average molecular weight is 491 g/mol. The first-order chi connectivity index (χ1) is 16.1. The van der Waals surface area contributed by atoms with Crippen LogP contribution in [0.2, 0.25) is 0 Å². The average Bonchev–Trinajstić information content (AvgIpc) is 3.15. The molecule has 3 rings (SSSR count). The van der Waals surface area contributed by atoms with Crippen LogP contribution < -0.4 is 5.73 Å². The van der Waals surface area contributed by atoms with Crippen LogP contribution in [0.5, 0.6) is 0 Å². The van der Waals surface area contributed by atoms with Crippen LogP contribution in [0, 0.1) is 16.0 Å². The molecule has 1 fully saturated rings. The molecule has 2 N–H and O–H groups in total. The Morgan fingerprint density at radius 2 is 1.82 bits per heavy atom. The van der Waals surface area contributed by atoms with Crippen LogP contribution in [-0.4, -0.2) is 60.4 Å². The molecule has 0 unspecified atom stereocenters. The fourth-order valence-corrected chi connectivity index (χ4v) is 5.73. The summed E-state index contributed by atoms with van der Waals surface area (Å²) < 4.78 is 34.1. The number of ether oxygens (including phenoxy) is 1. The molecular weight excluding hydrogens is 460 g/mol. The minimum absolute atomic E-state index is 0.0545. The molecule has 0 bridgehead atoms. The van der Waals surface area contributed by atoms with Crippen molar-refractivity contribution < 1.29 is 22.9 Å². The highest BCUT2D eigenvalue weighted by Crippen LogP contribution is 2.28. The second-order valence-corrected chi connectivity index (χ2v) is 10.7. The third-order valence-electron chi connectivity index (χ3n) is 5.78. The number of primary amides is 1. The fourth-order valence-electron chi connectivity index (χ4n) is 4.07. The monoisotopic (exact) mass is 490 g/mol. The van der Waals surface area contributed by atoms with Gasteiger partial charge in [-0.2, -0.15) is 4.31 Å². The zero-order valence-corrected chi connectivity index (χ0v) is 20.1. The third kappa shape index (κ3) is 6.31. The van der Waals surface area contributed by atoms with Gasteiger partial charge in [0.05, 0.1) is 15.9 Å². The molecule has 1 aliphatic rings. The summed E-state index contributed by atoms with van der Waals surface area (Å²) in [4.78, 5) is 24.0. The Kier molecular flexibility index (Phi) is 8.24. The van der Waals surface area contributed by atoms with Crippen LogP contribution in [0.25, 0.3) is 0 Å². The zero-order chi connectivity index (χ0) is 24.9. The Bertz CT molecular complexity index is 1090. The van der Waals surface area contributed by atoms with Gasteiger partial charge in [-0.05, 0) is 30.0 Å². The molecule has 1 heterocycles. The third-order valence-corrected chi connectivity index (χ3v) is 7.72. The number of nitro benzene ring substituents is 1. The van der Waals surface area contributed by atoms with Crippen molar-refractivity contribution in [3.63, 3.8) is 0 Å². The van der Waals surface area contributed by atoms with Crippen LogP contribution >= 0.6 is 0 Å². The lowest BCUT2D eigenvalue weighted by molar-refractivity contribution is -0.384. The van der Waals surface area contributed by atoms with E-state index in [0.29, 0.717) is 26.1 Å². The number of rotatable bonds is 10. The molecule has 0 radical (unpaired) electrons. The van der Waals surface area contributed by atoms with Gasteiger partial charge < -0.3 is 10.5 Å². The van der Waals surface area contributed by atoms with Crippen molar-refractivity contribution in [3.05, 3.63) is 70.3 Å². The highest BCUT2D eigenvalue weighted by molar-refractivity contribution is 7.89. The number of sulfonamides is 1. The number of benzene rings is 2. The van der Waals surface area contributed by atoms with Crippen LogP contribution in [0.3, 0.4) is 0 Å². The largest absolute Gasteiger partial charge is 0.443 e. The highest BCUT2D eigenvalue weighted by Gasteiger charge is 2.44. The summed E-state index contributed by atoms with van der Waals surface area (Å²) in [5.74, 6) is 0.229. The van der Waals surface area contributed by atoms with E-state index >= 15 is 0 Å². The molecule has 2 aromatic carbocycles. The van der Waals surface area contributed by atoms with Crippen molar-refractivity contribution in [1.82, 2.24) is 9.21 Å². The Morgan fingerprint density at radius 3 is 2.38 bits per heavy atom. The van der Waals surface area contributed by atoms with E-state index in [9.17, 15) is 23.3 Å². The zero-order valence-electron chi connectivity index (χ0n) is 19.2. The number of nitrogens with zero attached hydrogens (tertiary/aromatic N) is 3. The van der Waals surface area contributed by atoms with Gasteiger partial charge in [-0.15, -0.1) is 0 Å². The molecule has 10 nitrogen and oxygen atoms in total. The van der Waals surface area contributed by atoms with E-state index in [4.69, 9.17) is 10.5 Å². The molecule has 0 aliphatic carbocycles. The van der Waals surface area contributed by atoms with Crippen molar-refractivity contribution in [2.45, 2.75) is 43.9 Å². The van der Waals surface area contributed by atoms with Crippen LogP contribution in [0.4, 0.5) is 10.5 Å². The first-order valence-electron chi connectivity index (χ1n) is 11.1. The number of non-ortho nitro benzene ring substituents is 1. The van der Waals surface area contributed by atoms with Crippen molar-refractivity contribution in [3.8, 4) is 0 Å². The van der Waals surface area contributed by atoms with Gasteiger partial charge in [-0.25, -0.2) is 13.2 Å². The summed E-state index contributed by atoms with van der Waals surface area (Å²) in [6.07, 6.45) is -1.13. The molecule has 34 heavy (non-hydrogen) atoms. The first-order valence-corrected chi connectivity index (χ1v) is 12.5. The van der Waals surface area contributed by atoms with Crippen molar-refractivity contribution in [2.24, 2.45) is 11.7 Å². The Morgan fingerprint density at radius 1 is 1.18 bits per heavy atom. The Labute approximate surface area is 199 Å². The molecule has 0 saturated carbocycles. The number of amides is 1. The SMILES string of the molecule is CC(C)CCN([C@@H]1CN(Cc2ccccc2)C[C@H]1OC(N)=O)S(=O)(=O)c1ccc([N+](=O)[O-])cc1. The summed E-state index contributed by atoms with van der Waals surface area (Å²) in [6.45, 7) is 5.42. The number of carbonyl (C=O) groups is 1. The summed E-state index contributed by atoms with van der Waals surface area (Å²) in [5.41, 5.74) is 6.16. The van der Waals surface area contributed by atoms with Crippen LogP contribution in [0.15, 0.2) is 59.5 Å². The number of hydrogen-bond donors (Lipinski definition) is 1. The predicted molar refractivity (Wildman–Crippen MR) is 126 cm³/mol. The number of nitrogens with two attached hydrogens (primary N) is 1. The maximum atomic E-state index is 13.7. The topological polar surface area (TPSA) is 136 Å². The smallest absolute Gasteiger partial charge is 0.404 e. The van der Waals surface area contributed by atoms with Crippen molar-refractivity contribution in [2.75, 3.05) is 19.6 Å². The van der Waals surface area contributed by atoms with Crippen LogP contribution in [0.1, 0.15) is 25.8 Å². The highest BCUT2D eigenvalue weighted by atomic mass is 32.2. The number of carbonyl (C=O) groups excluding carboxylic acids is 1. The lowest BCUT2D eigenvalue weighted by Crippen LogP contribution is -2.49. The van der Waals surface area contributed by atoms with Crippen LogP contribution in [-0.2, 0) is 21.3 Å². The van der Waals surface area contributed by atoms with Gasteiger partial charge >= 0.3 is 6.09 Å². The Hall–Kier alpha value is -3.02. The molecule has 11 heteroatoms. The van der Waals surface area contributed by atoms with E-state index < -0.39 is 33.2 Å². The molecular formula is C23H30N4O6S. The summed E-state index contributed by atoms with van der Waals surface area (Å²) in [7, 11) is -4.04. The van der Waals surface area contributed by atoms with Crippen molar-refractivity contribution in [1.29, 1.82) is 0 Å². The quantitative estimate of drug-likeness (QED) is 0.399. The molecule has 2 atom stereocenters. The van der Waals surface area contributed by atoms with E-state index in [2.05, 4.69) is 0 Å². The molecule has 0 aromatic heterocycles. The summed E-state index contributed by atoms with van der Waals surface area (Å²) in [5, 5.41) is 11.0. The van der Waals surface area contributed by atoms with E-state index in [1.807, 2.05) is 49.1 Å². The van der Waals surface area contributed by atoms with Gasteiger partial charge in [-0.3, -0.25) is 15.0 Å². The standard InChI is InChI=1S/C23H30N4O6S/c1-17(2)12-13-26(34(31,32)20-10-8-19(9-11-20)27(29)30)21-15-25(16-22(21)33-23(24)28)14-18-6-4-3-5-7-18/h3-11,17,21-22H,12-16H2,1-2H3,(H2,24,28)/t21-,22-/m1/s1. The molecule has 1 amide bonds. The maximum Gasteiger partial charge on any atom is 0.404 e. The van der Waals surface area contributed by atoms with E-state index in [0.717, 1.165) is 5.56 Å². The minimum Gasteiger partial charge on any atom is -0.443 e. The van der Waals surface area contributed by atoms with E-state index in [1.54, 1.807) is 0 Å². The predicted octanol–water partition coefficient (Wildman–Crippen LogP) is 2.98. The molecule has 1 saturated heterocycles. The lowest BCUT2D eigenvalue weighted by Gasteiger charge is -2.31. The molecule has 2 aromatic rings. The maximum absolute atomic E-state index is 13.7. The van der Waals surface area contributed by atoms with Gasteiger partial charge in [0, 0.05) is 38.3 Å². The fraction of sp³-hybridized carbons (Fsp3) is 0.435. The van der Waals surface area contributed by atoms with Crippen molar-refractivity contribution >= 4 is 21.8 Å². The van der Waals surface area contributed by atoms with Gasteiger partial charge in [0.15, 0.2) is 0 Å². The molecule has 184 valence electrons. The lowest BCUT2D eigenvalue weighted by atomic mass is 10.1. The number of nitro groups is 1. The number of likely N-dealkylation sites (tertiary alicyclic amines) is 1. The minimum atomic E-state index is -4.04.